The summed E-state index contributed by atoms with van der Waals surface area (Å²) in [6.45, 7) is 2.57. The van der Waals surface area contributed by atoms with Crippen molar-refractivity contribution in [3.05, 3.63) is 33.5 Å². The number of hydrogen-bond acceptors (Lipinski definition) is 5. The summed E-state index contributed by atoms with van der Waals surface area (Å²) >= 11 is 3.75. The molecule has 0 unspecified atom stereocenters. The third-order valence-electron chi connectivity index (χ3n) is 6.34. The number of carbonyl (C=O) groups is 1. The van der Waals surface area contributed by atoms with Crippen LogP contribution in [0, 0.1) is 6.92 Å². The Hall–Kier alpha value is -1.55. The van der Waals surface area contributed by atoms with E-state index in [0.717, 1.165) is 45.3 Å². The number of aromatic nitrogens is 3. The van der Waals surface area contributed by atoms with E-state index in [9.17, 15) is 18.0 Å². The molecule has 0 bridgehead atoms. The van der Waals surface area contributed by atoms with Crippen LogP contribution >= 0.6 is 23.1 Å². The van der Waals surface area contributed by atoms with Crippen molar-refractivity contribution in [3.63, 3.8) is 0 Å². The van der Waals surface area contributed by atoms with Gasteiger partial charge in [-0.15, -0.1) is 11.3 Å². The first-order valence-electron chi connectivity index (χ1n) is 11.2. The number of thiazole rings is 1. The minimum atomic E-state index is -4.50. The number of halogens is 3. The number of hydrogen-bond donors (Lipinski definition) is 0. The van der Waals surface area contributed by atoms with E-state index < -0.39 is 11.9 Å². The van der Waals surface area contributed by atoms with Crippen molar-refractivity contribution in [3.8, 4) is 0 Å². The molecule has 1 aliphatic heterocycles. The highest BCUT2D eigenvalue weighted by molar-refractivity contribution is 7.99. The fourth-order valence-electron chi connectivity index (χ4n) is 4.42. The Kier molecular flexibility index (Phi) is 7.49. The molecule has 2 aromatic heterocycles. The van der Waals surface area contributed by atoms with Crippen molar-refractivity contribution in [2.45, 2.75) is 81.5 Å². The molecule has 0 spiro atoms. The van der Waals surface area contributed by atoms with Gasteiger partial charge < -0.3 is 4.90 Å². The lowest BCUT2D eigenvalue weighted by Crippen LogP contribution is -2.40. The number of nitrogens with zero attached hydrogens (tertiary/aromatic N) is 4. The van der Waals surface area contributed by atoms with Gasteiger partial charge >= 0.3 is 6.18 Å². The van der Waals surface area contributed by atoms with Crippen molar-refractivity contribution >= 4 is 29.0 Å². The Balaban J connectivity index is 1.25. The van der Waals surface area contributed by atoms with Crippen LogP contribution in [-0.2, 0) is 23.3 Å². The molecule has 10 heteroatoms. The number of likely N-dealkylation sites (tertiary alicyclic amines) is 1. The maximum Gasteiger partial charge on any atom is 0.435 e. The Labute approximate surface area is 194 Å². The second-order valence-electron chi connectivity index (χ2n) is 8.73. The molecule has 2 fully saturated rings. The number of piperidine rings is 1. The van der Waals surface area contributed by atoms with Gasteiger partial charge in [0.2, 0.25) is 5.91 Å². The predicted molar refractivity (Wildman–Crippen MR) is 121 cm³/mol. The molecule has 3 heterocycles. The largest absolute Gasteiger partial charge is 0.435 e. The minimum absolute atomic E-state index is 0.160. The molecular weight excluding hydrogens is 457 g/mol. The first kappa shape index (κ1) is 23.6. The summed E-state index contributed by atoms with van der Waals surface area (Å²) in [6, 6.07) is 0.978. The van der Waals surface area contributed by atoms with E-state index in [2.05, 4.69) is 10.5 Å². The second kappa shape index (κ2) is 10.2. The summed E-state index contributed by atoms with van der Waals surface area (Å²) in [6.07, 6.45) is 3.88. The SMILES string of the molecule is Cc1cc(C(F)(F)F)nn1CC(=O)N1CCC(c2nc(CSC3CCCCC3)cs2)CC1. The Morgan fingerprint density at radius 2 is 1.91 bits per heavy atom. The van der Waals surface area contributed by atoms with Gasteiger partial charge in [0.25, 0.3) is 0 Å². The first-order chi connectivity index (χ1) is 15.3. The van der Waals surface area contributed by atoms with Crippen LogP contribution in [0.3, 0.4) is 0 Å². The summed E-state index contributed by atoms with van der Waals surface area (Å²) in [5.74, 6) is 1.13. The smallest absolute Gasteiger partial charge is 0.341 e. The van der Waals surface area contributed by atoms with Crippen LogP contribution in [0.15, 0.2) is 11.4 Å². The summed E-state index contributed by atoms with van der Waals surface area (Å²) in [7, 11) is 0. The molecule has 0 N–H and O–H groups in total. The number of alkyl halides is 3. The molecule has 1 aliphatic carbocycles. The molecule has 2 aromatic rings. The predicted octanol–water partition coefficient (Wildman–Crippen LogP) is 5.64. The van der Waals surface area contributed by atoms with Crippen LogP contribution in [0.5, 0.6) is 0 Å². The Bertz CT molecular complexity index is 913. The van der Waals surface area contributed by atoms with E-state index in [4.69, 9.17) is 4.98 Å². The van der Waals surface area contributed by atoms with Crippen molar-refractivity contribution in [1.82, 2.24) is 19.7 Å². The summed E-state index contributed by atoms with van der Waals surface area (Å²) < 4.78 is 39.7. The summed E-state index contributed by atoms with van der Waals surface area (Å²) in [5.41, 5.74) is 0.540. The van der Waals surface area contributed by atoms with E-state index in [1.165, 1.54) is 39.0 Å². The van der Waals surface area contributed by atoms with Crippen molar-refractivity contribution in [2.24, 2.45) is 0 Å². The molecule has 0 atom stereocenters. The summed E-state index contributed by atoms with van der Waals surface area (Å²) in [4.78, 5) is 19.2. The van der Waals surface area contributed by atoms with Crippen molar-refractivity contribution in [2.75, 3.05) is 13.1 Å². The lowest BCUT2D eigenvalue weighted by molar-refractivity contribution is -0.142. The number of aryl methyl sites for hydroxylation is 1. The monoisotopic (exact) mass is 486 g/mol. The van der Waals surface area contributed by atoms with Gasteiger partial charge in [-0.1, -0.05) is 19.3 Å². The van der Waals surface area contributed by atoms with Crippen LogP contribution < -0.4 is 0 Å². The zero-order valence-corrected chi connectivity index (χ0v) is 19.9. The van der Waals surface area contributed by atoms with Crippen LogP contribution in [0.2, 0.25) is 0 Å². The number of thioether (sulfide) groups is 1. The van der Waals surface area contributed by atoms with Crippen LogP contribution in [-0.4, -0.2) is 43.9 Å². The molecular formula is C22H29F3N4OS2. The molecule has 2 aliphatic rings. The quantitative estimate of drug-likeness (QED) is 0.530. The number of carbonyl (C=O) groups excluding carboxylic acids is 1. The van der Waals surface area contributed by atoms with Crippen molar-refractivity contribution < 1.29 is 18.0 Å². The van der Waals surface area contributed by atoms with Gasteiger partial charge in [0.15, 0.2) is 5.69 Å². The molecule has 5 nitrogen and oxygen atoms in total. The highest BCUT2D eigenvalue weighted by atomic mass is 32.2. The maximum atomic E-state index is 12.8. The molecule has 1 saturated carbocycles. The molecule has 4 rings (SSSR count). The average molecular weight is 487 g/mol. The Morgan fingerprint density at radius 3 is 2.56 bits per heavy atom. The third kappa shape index (κ3) is 5.87. The van der Waals surface area contributed by atoms with Crippen LogP contribution in [0.1, 0.15) is 73.0 Å². The number of rotatable bonds is 6. The molecule has 1 saturated heterocycles. The average Bonchev–Trinajstić information content (AvgIpc) is 3.40. The molecule has 1 amide bonds. The Morgan fingerprint density at radius 1 is 1.19 bits per heavy atom. The second-order valence-corrected chi connectivity index (χ2v) is 10.9. The minimum Gasteiger partial charge on any atom is -0.341 e. The lowest BCUT2D eigenvalue weighted by atomic mass is 9.97. The van der Waals surface area contributed by atoms with Gasteiger partial charge in [0, 0.05) is 41.1 Å². The van der Waals surface area contributed by atoms with Crippen LogP contribution in [0.25, 0.3) is 0 Å². The van der Waals surface area contributed by atoms with Gasteiger partial charge in [-0.2, -0.15) is 30.0 Å². The third-order valence-corrected chi connectivity index (χ3v) is 8.80. The van der Waals surface area contributed by atoms with Gasteiger partial charge in [0.1, 0.15) is 6.54 Å². The summed E-state index contributed by atoms with van der Waals surface area (Å²) in [5, 5.41) is 7.65. The topological polar surface area (TPSA) is 51.0 Å². The maximum absolute atomic E-state index is 12.8. The molecule has 176 valence electrons. The highest BCUT2D eigenvalue weighted by Crippen LogP contribution is 2.34. The van der Waals surface area contributed by atoms with Gasteiger partial charge in [0.05, 0.1) is 10.7 Å². The zero-order chi connectivity index (χ0) is 22.7. The van der Waals surface area contributed by atoms with E-state index in [1.54, 1.807) is 16.2 Å². The molecule has 0 radical (unpaired) electrons. The van der Waals surface area contributed by atoms with Gasteiger partial charge in [-0.25, -0.2) is 4.98 Å². The standard InChI is InChI=1S/C22H29F3N4OS2/c1-15-11-19(22(23,24)25)27-29(15)12-20(30)28-9-7-16(8-10-28)21-26-17(14-32-21)13-31-18-5-3-2-4-6-18/h11,14,16,18H,2-10,12-13H2,1H3. The highest BCUT2D eigenvalue weighted by Gasteiger charge is 2.35. The fraction of sp³-hybridized carbons (Fsp3) is 0.682. The van der Waals surface area contributed by atoms with Crippen LogP contribution in [0.4, 0.5) is 13.2 Å². The van der Waals surface area contributed by atoms with E-state index in [0.29, 0.717) is 24.7 Å². The van der Waals surface area contributed by atoms with E-state index in [-0.39, 0.29) is 12.5 Å². The van der Waals surface area contributed by atoms with E-state index >= 15 is 0 Å². The van der Waals surface area contributed by atoms with Gasteiger partial charge in [-0.05, 0) is 38.7 Å². The lowest BCUT2D eigenvalue weighted by Gasteiger charge is -2.31. The first-order valence-corrected chi connectivity index (χ1v) is 13.2. The van der Waals surface area contributed by atoms with E-state index in [1.807, 2.05) is 11.8 Å². The van der Waals surface area contributed by atoms with Crippen molar-refractivity contribution in [1.29, 1.82) is 0 Å². The molecule has 0 aromatic carbocycles. The van der Waals surface area contributed by atoms with Gasteiger partial charge in [-0.3, -0.25) is 9.48 Å². The zero-order valence-electron chi connectivity index (χ0n) is 18.2. The number of amides is 1. The normalized spacial score (nSPS) is 18.9. The fourth-order valence-corrected chi connectivity index (χ4v) is 6.74. The molecule has 32 heavy (non-hydrogen) atoms.